The number of nitrogens with zero attached hydrogens (tertiary/aromatic N) is 5. The number of thiophene rings is 1. The predicted octanol–water partition coefficient (Wildman–Crippen LogP) is 1.49. The number of fused-ring (bicyclic) bond motifs is 1. The number of hydrogen-bond donors (Lipinski definition) is 2. The fourth-order valence-corrected chi connectivity index (χ4v) is 6.51. The lowest BCUT2D eigenvalue weighted by Crippen LogP contribution is -2.51. The number of benzene rings is 1. The molecule has 15 heteroatoms. The van der Waals surface area contributed by atoms with Crippen molar-refractivity contribution in [3.05, 3.63) is 68.4 Å². The van der Waals surface area contributed by atoms with Crippen LogP contribution in [0.15, 0.2) is 40.2 Å². The molecule has 5 rings (SSSR count). The van der Waals surface area contributed by atoms with E-state index in [2.05, 4.69) is 20.8 Å². The maximum atomic E-state index is 14.6. The van der Waals surface area contributed by atoms with Gasteiger partial charge in [0.1, 0.15) is 27.5 Å². The van der Waals surface area contributed by atoms with E-state index in [1.54, 1.807) is 13.8 Å². The van der Waals surface area contributed by atoms with Gasteiger partial charge in [0.25, 0.3) is 5.56 Å². The number of carbonyl (C=O) groups is 1. The summed E-state index contributed by atoms with van der Waals surface area (Å²) >= 11 is 1.19. The molecule has 13 nitrogen and oxygen atoms in total. The van der Waals surface area contributed by atoms with E-state index in [-0.39, 0.29) is 38.6 Å². The molecular weight excluding hydrogens is 581 g/mol. The molecule has 0 saturated carbocycles. The van der Waals surface area contributed by atoms with Crippen LogP contribution in [-0.2, 0) is 26.4 Å². The van der Waals surface area contributed by atoms with Gasteiger partial charge in [-0.05, 0) is 39.1 Å². The Kier molecular flexibility index (Phi) is 9.05. The first-order chi connectivity index (χ1) is 20.7. The van der Waals surface area contributed by atoms with Crippen molar-refractivity contribution in [2.75, 3.05) is 47.1 Å². The number of carbonyl (C=O) groups excluding carboxylic acids is 1. The topological polar surface area (TPSA) is 144 Å². The second kappa shape index (κ2) is 12.8. The van der Waals surface area contributed by atoms with Crippen molar-refractivity contribution in [1.29, 1.82) is 0 Å². The molecule has 2 atom stereocenters. The lowest BCUT2D eigenvalue weighted by molar-refractivity contribution is -0.119. The van der Waals surface area contributed by atoms with Gasteiger partial charge in [-0.3, -0.25) is 18.7 Å². The molecule has 0 bridgehead atoms. The molecule has 43 heavy (non-hydrogen) atoms. The molecule has 0 spiro atoms. The van der Waals surface area contributed by atoms with Gasteiger partial charge < -0.3 is 24.8 Å². The number of hydrogen-bond acceptors (Lipinski definition) is 10. The molecule has 1 aromatic carbocycles. The van der Waals surface area contributed by atoms with Crippen LogP contribution in [0.3, 0.4) is 0 Å². The van der Waals surface area contributed by atoms with E-state index in [9.17, 15) is 18.8 Å². The van der Waals surface area contributed by atoms with Crippen LogP contribution in [0.1, 0.15) is 30.6 Å². The highest BCUT2D eigenvalue weighted by molar-refractivity contribution is 7.21. The van der Waals surface area contributed by atoms with Crippen molar-refractivity contribution in [1.82, 2.24) is 34.8 Å². The average molecular weight is 616 g/mol. The van der Waals surface area contributed by atoms with Gasteiger partial charge in [0.05, 0.1) is 63.2 Å². The molecule has 4 heterocycles. The van der Waals surface area contributed by atoms with Gasteiger partial charge in [-0.15, -0.1) is 4.80 Å². The molecule has 1 amide bonds. The van der Waals surface area contributed by atoms with Gasteiger partial charge in [0.2, 0.25) is 5.91 Å². The highest BCUT2D eigenvalue weighted by Gasteiger charge is 2.40. The predicted molar refractivity (Wildman–Crippen MR) is 158 cm³/mol. The zero-order chi connectivity index (χ0) is 30.7. The van der Waals surface area contributed by atoms with Gasteiger partial charge in [0.15, 0.2) is 0 Å². The molecule has 1 fully saturated rings. The van der Waals surface area contributed by atoms with Crippen molar-refractivity contribution in [3.8, 4) is 10.8 Å². The summed E-state index contributed by atoms with van der Waals surface area (Å²) in [7, 11) is 3.29. The Morgan fingerprint density at radius 1 is 1.19 bits per heavy atom. The number of ether oxygens (including phenoxy) is 3. The molecule has 1 aliphatic heterocycles. The zero-order valence-corrected chi connectivity index (χ0v) is 25.2. The van der Waals surface area contributed by atoms with E-state index in [0.29, 0.717) is 45.2 Å². The number of rotatable bonds is 13. The maximum Gasteiger partial charge on any atom is 0.332 e. The number of aromatic nitrogens is 5. The molecule has 4 aromatic rings. The van der Waals surface area contributed by atoms with Crippen LogP contribution in [0.5, 0.6) is 5.75 Å². The molecular formula is C28H34FN7O6S. The van der Waals surface area contributed by atoms with E-state index in [1.165, 1.54) is 58.4 Å². The minimum Gasteiger partial charge on any atom is -0.496 e. The maximum absolute atomic E-state index is 14.6. The van der Waals surface area contributed by atoms with Crippen molar-refractivity contribution < 1.29 is 23.4 Å². The second-order valence-electron chi connectivity index (χ2n) is 10.5. The third-order valence-electron chi connectivity index (χ3n) is 7.47. The second-order valence-corrected chi connectivity index (χ2v) is 11.5. The lowest BCUT2D eigenvalue weighted by Gasteiger charge is -2.27. The molecule has 3 aromatic heterocycles. The number of halogens is 1. The van der Waals surface area contributed by atoms with Crippen molar-refractivity contribution in [2.24, 2.45) is 0 Å². The Labute approximate surface area is 250 Å². The van der Waals surface area contributed by atoms with Crippen LogP contribution in [0.2, 0.25) is 0 Å². The monoisotopic (exact) mass is 615 g/mol. The molecule has 0 radical (unpaired) electrons. The van der Waals surface area contributed by atoms with Crippen LogP contribution in [0, 0.1) is 12.7 Å². The zero-order valence-electron chi connectivity index (χ0n) is 24.4. The lowest BCUT2D eigenvalue weighted by atomic mass is 10.0. The van der Waals surface area contributed by atoms with Crippen LogP contribution >= 0.6 is 11.3 Å². The van der Waals surface area contributed by atoms with E-state index in [0.717, 1.165) is 4.57 Å². The first-order valence-corrected chi connectivity index (χ1v) is 14.6. The Hall–Kier alpha value is -3.92. The summed E-state index contributed by atoms with van der Waals surface area (Å²) < 4.78 is 34.5. The highest BCUT2D eigenvalue weighted by atomic mass is 32.1. The third kappa shape index (κ3) is 5.98. The van der Waals surface area contributed by atoms with E-state index in [1.807, 2.05) is 7.05 Å². The summed E-state index contributed by atoms with van der Waals surface area (Å²) in [6.07, 6.45) is 2.14. The molecule has 0 unspecified atom stereocenters. The quantitative estimate of drug-likeness (QED) is 0.214. The first-order valence-electron chi connectivity index (χ1n) is 13.8. The fraction of sp³-hybridized carbons (Fsp3) is 0.464. The molecule has 230 valence electrons. The van der Waals surface area contributed by atoms with Gasteiger partial charge >= 0.3 is 5.69 Å². The van der Waals surface area contributed by atoms with Gasteiger partial charge in [-0.25, -0.2) is 9.18 Å². The van der Waals surface area contributed by atoms with Crippen molar-refractivity contribution in [2.45, 2.75) is 38.5 Å². The van der Waals surface area contributed by atoms with E-state index in [4.69, 9.17) is 14.2 Å². The van der Waals surface area contributed by atoms with Gasteiger partial charge in [-0.1, -0.05) is 11.3 Å². The summed E-state index contributed by atoms with van der Waals surface area (Å²) in [4.78, 5) is 42.4. The van der Waals surface area contributed by atoms with Crippen molar-refractivity contribution in [3.63, 3.8) is 0 Å². The summed E-state index contributed by atoms with van der Waals surface area (Å²) in [5.74, 6) is -0.381. The Morgan fingerprint density at radius 2 is 1.95 bits per heavy atom. The van der Waals surface area contributed by atoms with Gasteiger partial charge in [0, 0.05) is 24.2 Å². The number of nitrogens with one attached hydrogen (secondary N) is 2. The SMILES string of the molecule is CNCCOCCO[C@@H](Cn1c(=O)n([C@@]2(C)CNC(=O)C2)c(=O)c2c(C)c(-n3nccn3)sc21)c1cc(F)ccc1OC. The Morgan fingerprint density at radius 3 is 2.63 bits per heavy atom. The molecule has 1 saturated heterocycles. The number of aryl methyl sites for hydroxylation is 1. The average Bonchev–Trinajstić information content (AvgIpc) is 3.71. The van der Waals surface area contributed by atoms with E-state index < -0.39 is 28.7 Å². The summed E-state index contributed by atoms with van der Waals surface area (Å²) in [6.45, 7) is 5.05. The summed E-state index contributed by atoms with van der Waals surface area (Å²) in [5.41, 5.74) is -1.26. The van der Waals surface area contributed by atoms with Crippen LogP contribution < -0.4 is 26.6 Å². The van der Waals surface area contributed by atoms with Gasteiger partial charge in [-0.2, -0.15) is 10.2 Å². The number of methoxy groups -OCH3 is 1. The van der Waals surface area contributed by atoms with Crippen LogP contribution in [0.25, 0.3) is 15.2 Å². The number of likely N-dealkylation sites (N-methyl/N-ethyl adjacent to an activating group) is 1. The molecule has 1 aliphatic rings. The molecule has 0 aliphatic carbocycles. The summed E-state index contributed by atoms with van der Waals surface area (Å²) in [6, 6.07) is 4.09. The van der Waals surface area contributed by atoms with Crippen LogP contribution in [-0.4, -0.2) is 77.1 Å². The Balaban J connectivity index is 1.67. The smallest absolute Gasteiger partial charge is 0.332 e. The first kappa shape index (κ1) is 30.5. The minimum atomic E-state index is -1.10. The van der Waals surface area contributed by atoms with Crippen molar-refractivity contribution >= 4 is 27.5 Å². The summed E-state index contributed by atoms with van der Waals surface area (Å²) in [5, 5.41) is 15.1. The normalized spacial score (nSPS) is 17.5. The fourth-order valence-electron chi connectivity index (χ4n) is 5.29. The standard InChI is InChI=1S/C28H34FN7O6S/c1-17-23-24(38)35(28(2)14-22(37)31-16-28)27(39)34(26(23)43-25(17)36-32-7-8-33-36)15-21(42-12-11-41-10-9-30-3)19-13-18(29)5-6-20(19)40-4/h5-8,13,21,30H,9-12,14-16H2,1-4H3,(H,31,37)/t21-,28+/m0/s1. The van der Waals surface area contributed by atoms with E-state index >= 15 is 0 Å². The molecule has 2 N–H and O–H groups in total. The highest BCUT2D eigenvalue weighted by Crippen LogP contribution is 2.34. The van der Waals surface area contributed by atoms with Crippen LogP contribution in [0.4, 0.5) is 4.39 Å². The largest absolute Gasteiger partial charge is 0.496 e. The minimum absolute atomic E-state index is 0.0357. The Bertz CT molecular complexity index is 1730. The third-order valence-corrected chi connectivity index (χ3v) is 8.75. The number of amides is 1.